The van der Waals surface area contributed by atoms with Crippen LogP contribution in [0, 0.1) is 5.92 Å². The zero-order valence-electron chi connectivity index (χ0n) is 10.8. The largest absolute Gasteiger partial charge is 0.467 e. The van der Waals surface area contributed by atoms with E-state index in [1.807, 2.05) is 0 Å². The second kappa shape index (κ2) is 6.59. The summed E-state index contributed by atoms with van der Waals surface area (Å²) in [7, 11) is 1.32. The lowest BCUT2D eigenvalue weighted by molar-refractivity contribution is -0.144. The third kappa shape index (κ3) is 4.00. The Hall–Kier alpha value is -1.10. The van der Waals surface area contributed by atoms with Gasteiger partial charge in [-0.15, -0.1) is 0 Å². The molecule has 1 aliphatic rings. The Labute approximate surface area is 102 Å². The van der Waals surface area contributed by atoms with Crippen molar-refractivity contribution in [2.75, 3.05) is 13.7 Å². The second-order valence-corrected chi connectivity index (χ2v) is 4.56. The smallest absolute Gasteiger partial charge is 0.328 e. The van der Waals surface area contributed by atoms with Crippen molar-refractivity contribution < 1.29 is 14.3 Å². The van der Waals surface area contributed by atoms with E-state index in [0.717, 1.165) is 25.8 Å². The maximum Gasteiger partial charge on any atom is 0.328 e. The number of rotatable bonds is 4. The monoisotopic (exact) mass is 242 g/mol. The molecule has 1 fully saturated rings. The maximum absolute atomic E-state index is 11.9. The number of hydrogen-bond donors (Lipinski definition) is 2. The van der Waals surface area contributed by atoms with Crippen LogP contribution in [0.5, 0.6) is 0 Å². The highest BCUT2D eigenvalue weighted by Crippen LogP contribution is 2.19. The molecule has 0 aromatic carbocycles. The summed E-state index contributed by atoms with van der Waals surface area (Å²) in [6.07, 6.45) is 3.06. The third-order valence-electron chi connectivity index (χ3n) is 3.32. The molecule has 0 saturated carbocycles. The molecular formula is C12H22N2O3. The molecule has 0 radical (unpaired) electrons. The summed E-state index contributed by atoms with van der Waals surface area (Å²) in [5.41, 5.74) is 0. The molecular weight excluding hydrogens is 220 g/mol. The van der Waals surface area contributed by atoms with E-state index in [4.69, 9.17) is 0 Å². The second-order valence-electron chi connectivity index (χ2n) is 4.56. The minimum Gasteiger partial charge on any atom is -0.467 e. The highest BCUT2D eigenvalue weighted by Gasteiger charge is 2.27. The predicted octanol–water partition coefficient (Wildman–Crippen LogP) is 0.442. The fourth-order valence-electron chi connectivity index (χ4n) is 2.12. The number of carbonyl (C=O) groups excluding carboxylic acids is 2. The quantitative estimate of drug-likeness (QED) is 0.702. The first-order valence-electron chi connectivity index (χ1n) is 6.20. The van der Waals surface area contributed by atoms with Crippen molar-refractivity contribution in [3.05, 3.63) is 0 Å². The average molecular weight is 242 g/mol. The fraction of sp³-hybridized carbons (Fsp3) is 0.833. The molecule has 0 bridgehead atoms. The average Bonchev–Trinajstić information content (AvgIpc) is 2.37. The topological polar surface area (TPSA) is 67.4 Å². The number of carbonyl (C=O) groups is 2. The van der Waals surface area contributed by atoms with Gasteiger partial charge in [-0.3, -0.25) is 4.79 Å². The first kappa shape index (κ1) is 14.0. The van der Waals surface area contributed by atoms with E-state index < -0.39 is 12.0 Å². The molecule has 1 amide bonds. The Bertz CT molecular complexity index is 281. The predicted molar refractivity (Wildman–Crippen MR) is 64.4 cm³/mol. The van der Waals surface area contributed by atoms with Crippen LogP contribution < -0.4 is 10.6 Å². The van der Waals surface area contributed by atoms with Gasteiger partial charge in [0, 0.05) is 0 Å². The zero-order chi connectivity index (χ0) is 12.8. The summed E-state index contributed by atoms with van der Waals surface area (Å²) in [4.78, 5) is 23.1. The van der Waals surface area contributed by atoms with Crippen LogP contribution >= 0.6 is 0 Å². The molecule has 2 N–H and O–H groups in total. The maximum atomic E-state index is 11.9. The van der Waals surface area contributed by atoms with Crippen molar-refractivity contribution in [3.63, 3.8) is 0 Å². The lowest BCUT2D eigenvalue weighted by atomic mass is 9.90. The molecule has 0 aromatic heterocycles. The molecule has 1 heterocycles. The standard InChI is InChI=1S/C12H22N2O3/c1-4-9-5-6-13-10(7-9)11(15)14-8(2)12(16)17-3/h8-10,13H,4-7H2,1-3H3,(H,14,15)/t8-,9?,10?/m0/s1. The normalized spacial score (nSPS) is 26.1. The number of ether oxygens (including phenoxy) is 1. The number of nitrogens with one attached hydrogen (secondary N) is 2. The number of methoxy groups -OCH3 is 1. The molecule has 98 valence electrons. The van der Waals surface area contributed by atoms with Crippen LogP contribution in [-0.2, 0) is 14.3 Å². The summed E-state index contributed by atoms with van der Waals surface area (Å²) < 4.78 is 4.57. The van der Waals surface area contributed by atoms with Crippen LogP contribution in [0.3, 0.4) is 0 Å². The van der Waals surface area contributed by atoms with Gasteiger partial charge in [0.25, 0.3) is 0 Å². The molecule has 3 atom stereocenters. The van der Waals surface area contributed by atoms with Crippen LogP contribution in [0.25, 0.3) is 0 Å². The van der Waals surface area contributed by atoms with Crippen LogP contribution in [0.15, 0.2) is 0 Å². The molecule has 5 nitrogen and oxygen atoms in total. The summed E-state index contributed by atoms with van der Waals surface area (Å²) in [5, 5.41) is 5.85. The minimum absolute atomic E-state index is 0.110. The minimum atomic E-state index is -0.587. The first-order chi connectivity index (χ1) is 8.08. The van der Waals surface area contributed by atoms with Crippen LogP contribution in [-0.4, -0.2) is 37.6 Å². The van der Waals surface area contributed by atoms with Gasteiger partial charge in [0.15, 0.2) is 0 Å². The van der Waals surface area contributed by atoms with E-state index in [9.17, 15) is 9.59 Å². The van der Waals surface area contributed by atoms with Gasteiger partial charge < -0.3 is 15.4 Å². The molecule has 5 heteroatoms. The molecule has 1 rings (SSSR count). The van der Waals surface area contributed by atoms with Gasteiger partial charge in [-0.2, -0.15) is 0 Å². The molecule has 0 aromatic rings. The summed E-state index contributed by atoms with van der Waals surface area (Å²) >= 11 is 0. The molecule has 2 unspecified atom stereocenters. The Kier molecular flexibility index (Phi) is 5.41. The van der Waals surface area contributed by atoms with Gasteiger partial charge >= 0.3 is 5.97 Å². The van der Waals surface area contributed by atoms with Crippen molar-refractivity contribution in [2.45, 2.75) is 45.2 Å². The van der Waals surface area contributed by atoms with Crippen molar-refractivity contribution in [1.82, 2.24) is 10.6 Å². The SMILES string of the molecule is CCC1CCNC(C(=O)N[C@@H](C)C(=O)OC)C1. The molecule has 0 aliphatic carbocycles. The third-order valence-corrected chi connectivity index (χ3v) is 3.32. The zero-order valence-corrected chi connectivity index (χ0v) is 10.8. The summed E-state index contributed by atoms with van der Waals surface area (Å²) in [5.74, 6) is 0.0719. The Morgan fingerprint density at radius 2 is 2.24 bits per heavy atom. The Morgan fingerprint density at radius 1 is 1.53 bits per heavy atom. The molecule has 17 heavy (non-hydrogen) atoms. The van der Waals surface area contributed by atoms with Crippen LogP contribution in [0.4, 0.5) is 0 Å². The number of esters is 1. The van der Waals surface area contributed by atoms with Crippen LogP contribution in [0.1, 0.15) is 33.1 Å². The van der Waals surface area contributed by atoms with Crippen molar-refractivity contribution in [3.8, 4) is 0 Å². The van der Waals surface area contributed by atoms with Crippen molar-refractivity contribution in [2.24, 2.45) is 5.92 Å². The van der Waals surface area contributed by atoms with Gasteiger partial charge in [-0.05, 0) is 32.2 Å². The van der Waals surface area contributed by atoms with Gasteiger partial charge in [0.1, 0.15) is 6.04 Å². The Morgan fingerprint density at radius 3 is 2.82 bits per heavy atom. The first-order valence-corrected chi connectivity index (χ1v) is 6.20. The molecule has 0 spiro atoms. The summed E-state index contributed by atoms with van der Waals surface area (Å²) in [6.45, 7) is 4.63. The van der Waals surface area contributed by atoms with E-state index in [0.29, 0.717) is 5.92 Å². The van der Waals surface area contributed by atoms with Gasteiger partial charge in [0.05, 0.1) is 13.2 Å². The van der Waals surface area contributed by atoms with E-state index in [2.05, 4.69) is 22.3 Å². The number of hydrogen-bond acceptors (Lipinski definition) is 4. The molecule has 1 aliphatic heterocycles. The van der Waals surface area contributed by atoms with E-state index >= 15 is 0 Å². The van der Waals surface area contributed by atoms with E-state index in [1.165, 1.54) is 7.11 Å². The van der Waals surface area contributed by atoms with Gasteiger partial charge in [0.2, 0.25) is 5.91 Å². The van der Waals surface area contributed by atoms with E-state index in [1.54, 1.807) is 6.92 Å². The highest BCUT2D eigenvalue weighted by molar-refractivity contribution is 5.87. The van der Waals surface area contributed by atoms with Crippen molar-refractivity contribution >= 4 is 11.9 Å². The highest BCUT2D eigenvalue weighted by atomic mass is 16.5. The van der Waals surface area contributed by atoms with Crippen LogP contribution in [0.2, 0.25) is 0 Å². The number of amides is 1. The van der Waals surface area contributed by atoms with E-state index in [-0.39, 0.29) is 11.9 Å². The van der Waals surface area contributed by atoms with Gasteiger partial charge in [-0.25, -0.2) is 4.79 Å². The van der Waals surface area contributed by atoms with Gasteiger partial charge in [-0.1, -0.05) is 13.3 Å². The fourth-order valence-corrected chi connectivity index (χ4v) is 2.12. The Balaban J connectivity index is 2.44. The molecule has 1 saturated heterocycles. The van der Waals surface area contributed by atoms with Crippen molar-refractivity contribution in [1.29, 1.82) is 0 Å². The lowest BCUT2D eigenvalue weighted by Crippen LogP contribution is -2.52. The summed E-state index contributed by atoms with van der Waals surface area (Å²) in [6, 6.07) is -0.767. The lowest BCUT2D eigenvalue weighted by Gasteiger charge is -2.29. The number of piperidine rings is 1.